The van der Waals surface area contributed by atoms with Gasteiger partial charge in [-0.05, 0) is 68.3 Å². The van der Waals surface area contributed by atoms with E-state index in [0.717, 1.165) is 11.1 Å². The fourth-order valence-electron chi connectivity index (χ4n) is 2.28. The van der Waals surface area contributed by atoms with E-state index in [1.54, 1.807) is 19.1 Å². The quantitative estimate of drug-likeness (QED) is 0.559. The van der Waals surface area contributed by atoms with Crippen LogP contribution in [0, 0.1) is 13.8 Å². The maximum atomic E-state index is 12.5. The molecule has 0 spiro atoms. The fraction of sp³-hybridized carbons (Fsp3) is 0.263. The molecule has 0 radical (unpaired) electrons. The molecular weight excluding hydrogens is 368 g/mol. The minimum Gasteiger partial charge on any atom is -0.466 e. The predicted octanol–water partition coefficient (Wildman–Crippen LogP) is 3.00. The van der Waals surface area contributed by atoms with Crippen LogP contribution in [0.3, 0.4) is 0 Å². The van der Waals surface area contributed by atoms with Gasteiger partial charge in [0.2, 0.25) is 5.91 Å². The molecule has 144 valence electrons. The van der Waals surface area contributed by atoms with Crippen LogP contribution in [0.4, 0.5) is 11.4 Å². The minimum absolute atomic E-state index is 0.0594. The Morgan fingerprint density at radius 1 is 0.963 bits per heavy atom. The van der Waals surface area contributed by atoms with Crippen LogP contribution in [-0.4, -0.2) is 26.9 Å². The topological polar surface area (TPSA) is 102 Å². The summed E-state index contributed by atoms with van der Waals surface area (Å²) in [4.78, 5) is 23.1. The highest BCUT2D eigenvalue weighted by molar-refractivity contribution is 7.92. The first-order valence-corrected chi connectivity index (χ1v) is 9.85. The summed E-state index contributed by atoms with van der Waals surface area (Å²) in [7, 11) is -3.75. The molecule has 0 atom stereocenters. The SMILES string of the molecule is CCOC(=O)CC(=O)Nc1ccc(S(=O)(=O)Nc2ccc(C)c(C)c2)cc1. The van der Waals surface area contributed by atoms with E-state index < -0.39 is 28.3 Å². The summed E-state index contributed by atoms with van der Waals surface area (Å²) in [6.07, 6.45) is -0.401. The molecule has 27 heavy (non-hydrogen) atoms. The van der Waals surface area contributed by atoms with E-state index >= 15 is 0 Å². The molecule has 0 unspecified atom stereocenters. The molecule has 0 fully saturated rings. The number of benzene rings is 2. The van der Waals surface area contributed by atoms with Crippen LogP contribution < -0.4 is 10.0 Å². The largest absolute Gasteiger partial charge is 0.466 e. The molecule has 0 bridgehead atoms. The van der Waals surface area contributed by atoms with E-state index in [2.05, 4.69) is 10.0 Å². The minimum atomic E-state index is -3.75. The Morgan fingerprint density at radius 2 is 1.59 bits per heavy atom. The number of aryl methyl sites for hydroxylation is 2. The van der Waals surface area contributed by atoms with E-state index in [4.69, 9.17) is 4.74 Å². The lowest BCUT2D eigenvalue weighted by atomic mass is 10.1. The van der Waals surface area contributed by atoms with Crippen LogP contribution in [0.5, 0.6) is 0 Å². The molecule has 0 aromatic heterocycles. The van der Waals surface area contributed by atoms with Crippen molar-refractivity contribution in [2.45, 2.75) is 32.1 Å². The number of nitrogens with one attached hydrogen (secondary N) is 2. The maximum absolute atomic E-state index is 12.5. The molecule has 1 amide bonds. The van der Waals surface area contributed by atoms with Crippen molar-refractivity contribution in [1.29, 1.82) is 0 Å². The molecule has 0 saturated heterocycles. The molecule has 0 saturated carbocycles. The van der Waals surface area contributed by atoms with Crippen molar-refractivity contribution in [3.05, 3.63) is 53.6 Å². The van der Waals surface area contributed by atoms with E-state index in [1.165, 1.54) is 24.3 Å². The van der Waals surface area contributed by atoms with Gasteiger partial charge in [0.1, 0.15) is 6.42 Å². The first-order chi connectivity index (χ1) is 12.7. The Morgan fingerprint density at radius 3 is 2.19 bits per heavy atom. The molecule has 7 nitrogen and oxygen atoms in total. The second-order valence-electron chi connectivity index (χ2n) is 5.96. The number of ether oxygens (including phenoxy) is 1. The number of carbonyl (C=O) groups is 2. The number of anilines is 2. The van der Waals surface area contributed by atoms with Gasteiger partial charge >= 0.3 is 5.97 Å². The Kier molecular flexibility index (Phi) is 6.57. The van der Waals surface area contributed by atoms with Gasteiger partial charge in [0.05, 0.1) is 11.5 Å². The molecular formula is C19H22N2O5S. The summed E-state index contributed by atoms with van der Waals surface area (Å²) in [5, 5.41) is 2.52. The third-order valence-electron chi connectivity index (χ3n) is 3.82. The van der Waals surface area contributed by atoms with Crippen molar-refractivity contribution in [2.24, 2.45) is 0 Å². The van der Waals surface area contributed by atoms with Crippen molar-refractivity contribution in [3.63, 3.8) is 0 Å². The summed E-state index contributed by atoms with van der Waals surface area (Å²) in [5.74, 6) is -1.15. The van der Waals surface area contributed by atoms with Gasteiger partial charge < -0.3 is 10.1 Å². The standard InChI is InChI=1S/C19H22N2O5S/c1-4-26-19(23)12-18(22)20-15-7-9-17(10-8-15)27(24,25)21-16-6-5-13(2)14(3)11-16/h5-11,21H,4,12H2,1-3H3,(H,20,22). The van der Waals surface area contributed by atoms with E-state index in [0.29, 0.717) is 11.4 Å². The average Bonchev–Trinajstić information content (AvgIpc) is 2.58. The molecule has 2 rings (SSSR count). The smallest absolute Gasteiger partial charge is 0.315 e. The molecule has 2 N–H and O–H groups in total. The maximum Gasteiger partial charge on any atom is 0.315 e. The molecule has 2 aromatic carbocycles. The Bertz CT molecular complexity index is 937. The van der Waals surface area contributed by atoms with Gasteiger partial charge in [-0.25, -0.2) is 8.42 Å². The van der Waals surface area contributed by atoms with E-state index in [9.17, 15) is 18.0 Å². The molecule has 2 aromatic rings. The van der Waals surface area contributed by atoms with Crippen molar-refractivity contribution < 1.29 is 22.7 Å². The normalized spacial score (nSPS) is 10.9. The zero-order valence-electron chi connectivity index (χ0n) is 15.4. The summed E-state index contributed by atoms with van der Waals surface area (Å²) in [6.45, 7) is 5.70. The third-order valence-corrected chi connectivity index (χ3v) is 5.21. The number of rotatable bonds is 7. The third kappa shape index (κ3) is 5.82. The molecule has 8 heteroatoms. The highest BCUT2D eigenvalue weighted by atomic mass is 32.2. The Balaban J connectivity index is 2.05. The summed E-state index contributed by atoms with van der Waals surface area (Å²) < 4.78 is 32.2. The average molecular weight is 390 g/mol. The lowest BCUT2D eigenvalue weighted by Gasteiger charge is -2.11. The summed E-state index contributed by atoms with van der Waals surface area (Å²) in [5.41, 5.74) is 2.91. The van der Waals surface area contributed by atoms with Gasteiger partial charge in [-0.3, -0.25) is 14.3 Å². The lowest BCUT2D eigenvalue weighted by Crippen LogP contribution is -2.18. The van der Waals surface area contributed by atoms with Crippen LogP contribution in [-0.2, 0) is 24.3 Å². The van der Waals surface area contributed by atoms with Crippen molar-refractivity contribution in [1.82, 2.24) is 0 Å². The van der Waals surface area contributed by atoms with Gasteiger partial charge in [0, 0.05) is 11.4 Å². The van der Waals surface area contributed by atoms with Crippen LogP contribution in [0.15, 0.2) is 47.4 Å². The molecule has 0 aliphatic carbocycles. The number of carbonyl (C=O) groups excluding carboxylic acids is 2. The van der Waals surface area contributed by atoms with Crippen LogP contribution in [0.1, 0.15) is 24.5 Å². The Hall–Kier alpha value is -2.87. The zero-order chi connectivity index (χ0) is 20.0. The summed E-state index contributed by atoms with van der Waals surface area (Å²) in [6, 6.07) is 11.0. The second kappa shape index (κ2) is 8.68. The number of amides is 1. The van der Waals surface area contributed by atoms with Crippen LogP contribution in [0.25, 0.3) is 0 Å². The highest BCUT2D eigenvalue weighted by Crippen LogP contribution is 2.20. The first kappa shape index (κ1) is 20.4. The van der Waals surface area contributed by atoms with Crippen molar-refractivity contribution in [2.75, 3.05) is 16.6 Å². The van der Waals surface area contributed by atoms with Gasteiger partial charge in [0.25, 0.3) is 10.0 Å². The molecule has 0 aliphatic rings. The number of hydrogen-bond acceptors (Lipinski definition) is 5. The zero-order valence-corrected chi connectivity index (χ0v) is 16.2. The second-order valence-corrected chi connectivity index (χ2v) is 7.64. The van der Waals surface area contributed by atoms with Crippen LogP contribution >= 0.6 is 0 Å². The van der Waals surface area contributed by atoms with Gasteiger partial charge in [-0.15, -0.1) is 0 Å². The van der Waals surface area contributed by atoms with E-state index in [1.807, 2.05) is 19.9 Å². The van der Waals surface area contributed by atoms with Crippen molar-refractivity contribution in [3.8, 4) is 0 Å². The fourth-order valence-corrected chi connectivity index (χ4v) is 3.33. The van der Waals surface area contributed by atoms with Gasteiger partial charge in [0.15, 0.2) is 0 Å². The van der Waals surface area contributed by atoms with Gasteiger partial charge in [-0.1, -0.05) is 6.07 Å². The Labute approximate surface area is 158 Å². The monoisotopic (exact) mass is 390 g/mol. The number of sulfonamides is 1. The first-order valence-electron chi connectivity index (χ1n) is 8.37. The van der Waals surface area contributed by atoms with E-state index in [-0.39, 0.29) is 11.5 Å². The predicted molar refractivity (Wildman–Crippen MR) is 103 cm³/mol. The molecule has 0 aliphatic heterocycles. The molecule has 0 heterocycles. The number of hydrogen-bond donors (Lipinski definition) is 2. The van der Waals surface area contributed by atoms with Gasteiger partial charge in [-0.2, -0.15) is 0 Å². The van der Waals surface area contributed by atoms with Crippen LogP contribution in [0.2, 0.25) is 0 Å². The van der Waals surface area contributed by atoms with Crippen molar-refractivity contribution >= 4 is 33.3 Å². The summed E-state index contributed by atoms with van der Waals surface area (Å²) >= 11 is 0. The highest BCUT2D eigenvalue weighted by Gasteiger charge is 2.15. The number of esters is 1. The lowest BCUT2D eigenvalue weighted by molar-refractivity contribution is -0.145.